The van der Waals surface area contributed by atoms with E-state index in [9.17, 15) is 9.59 Å². The van der Waals surface area contributed by atoms with Gasteiger partial charge in [0.25, 0.3) is 0 Å². The highest BCUT2D eigenvalue weighted by Gasteiger charge is 2.15. The van der Waals surface area contributed by atoms with Gasteiger partial charge in [-0.05, 0) is 24.3 Å². The second kappa shape index (κ2) is 4.51. The van der Waals surface area contributed by atoms with Crippen LogP contribution in [0.15, 0.2) is 29.1 Å². The van der Waals surface area contributed by atoms with Gasteiger partial charge in [0.05, 0.1) is 10.6 Å². The summed E-state index contributed by atoms with van der Waals surface area (Å²) in [5.74, 6) is 0.819. The third-order valence-corrected chi connectivity index (χ3v) is 4.02. The van der Waals surface area contributed by atoms with E-state index in [0.717, 1.165) is 34.5 Å². The number of ether oxygens (including phenoxy) is 1. The normalized spacial score (nSPS) is 12.9. The number of carbonyl (C=O) groups is 1. The second-order valence-corrected chi connectivity index (χ2v) is 5.22. The lowest BCUT2D eigenvalue weighted by Crippen LogP contribution is -2.09. The van der Waals surface area contributed by atoms with Crippen molar-refractivity contribution in [1.29, 1.82) is 0 Å². The van der Waals surface area contributed by atoms with E-state index >= 15 is 0 Å². The van der Waals surface area contributed by atoms with Crippen LogP contribution in [0, 0.1) is 0 Å². The number of hydrogen-bond acceptors (Lipinski definition) is 4. The van der Waals surface area contributed by atoms with Crippen LogP contribution in [0.5, 0.6) is 5.75 Å². The molecule has 0 bridgehead atoms. The maximum atomic E-state index is 11.7. The Hall–Kier alpha value is -2.14. The van der Waals surface area contributed by atoms with Crippen molar-refractivity contribution in [2.75, 3.05) is 6.61 Å². The molecule has 19 heavy (non-hydrogen) atoms. The summed E-state index contributed by atoms with van der Waals surface area (Å²) in [6.07, 6.45) is 4.64. The van der Waals surface area contributed by atoms with Crippen LogP contribution in [-0.4, -0.2) is 17.5 Å². The first-order valence-corrected chi connectivity index (χ1v) is 6.61. The summed E-state index contributed by atoms with van der Waals surface area (Å²) < 4.78 is 6.99. The summed E-state index contributed by atoms with van der Waals surface area (Å²) in [5.41, 5.74) is 2.46. The van der Waals surface area contributed by atoms with Gasteiger partial charge in [0.15, 0.2) is 6.29 Å². The molecular formula is C14H11NO3S. The molecule has 0 N–H and O–H groups in total. The number of aromatic nitrogens is 1. The summed E-state index contributed by atoms with van der Waals surface area (Å²) >= 11 is 0.963. The number of thiazole rings is 1. The Balaban J connectivity index is 2.21. The number of nitrogens with zero attached hydrogens (tertiary/aromatic N) is 1. The van der Waals surface area contributed by atoms with Crippen molar-refractivity contribution in [3.05, 3.63) is 44.4 Å². The molecule has 0 unspecified atom stereocenters. The summed E-state index contributed by atoms with van der Waals surface area (Å²) in [5, 5.41) is 0. The first-order valence-electron chi connectivity index (χ1n) is 5.79. The van der Waals surface area contributed by atoms with Gasteiger partial charge in [-0.1, -0.05) is 17.4 Å². The molecule has 5 heteroatoms. The molecule has 3 rings (SSSR count). The van der Waals surface area contributed by atoms with Crippen molar-refractivity contribution in [2.45, 2.75) is 0 Å². The molecule has 0 aliphatic carbocycles. The highest BCUT2D eigenvalue weighted by atomic mass is 32.1. The lowest BCUT2D eigenvalue weighted by Gasteiger charge is -2.13. The van der Waals surface area contributed by atoms with E-state index in [-0.39, 0.29) is 4.87 Å². The largest absolute Gasteiger partial charge is 0.489 e. The van der Waals surface area contributed by atoms with Crippen molar-refractivity contribution in [2.24, 2.45) is 7.05 Å². The van der Waals surface area contributed by atoms with Gasteiger partial charge in [0, 0.05) is 18.2 Å². The molecule has 2 aromatic rings. The van der Waals surface area contributed by atoms with Crippen LogP contribution in [0.25, 0.3) is 17.3 Å². The second-order valence-electron chi connectivity index (χ2n) is 4.22. The molecule has 1 aliphatic rings. The standard InChI is InChI=1S/C14H11NO3S/c1-15-13(12(8-16)19-14(15)17)10-4-5-11-9(7-10)3-2-6-18-11/h2-5,7-8H,6H2,1H3. The highest BCUT2D eigenvalue weighted by molar-refractivity contribution is 7.11. The monoisotopic (exact) mass is 273 g/mol. The lowest BCUT2D eigenvalue weighted by molar-refractivity contribution is 0.112. The first kappa shape index (κ1) is 11.9. The van der Waals surface area contributed by atoms with E-state index < -0.39 is 0 Å². The van der Waals surface area contributed by atoms with Gasteiger partial charge in [-0.25, -0.2) is 0 Å². The Kier molecular flexibility index (Phi) is 2.83. The average molecular weight is 273 g/mol. The Labute approximate surface area is 113 Å². The topological polar surface area (TPSA) is 48.3 Å². The summed E-state index contributed by atoms with van der Waals surface area (Å²) in [7, 11) is 1.67. The van der Waals surface area contributed by atoms with Crippen molar-refractivity contribution in [3.63, 3.8) is 0 Å². The van der Waals surface area contributed by atoms with Crippen molar-refractivity contribution >= 4 is 23.7 Å². The summed E-state index contributed by atoms with van der Waals surface area (Å²) in [6, 6.07) is 5.66. The first-order chi connectivity index (χ1) is 9.20. The Morgan fingerprint density at radius 2 is 2.26 bits per heavy atom. The Morgan fingerprint density at radius 1 is 1.42 bits per heavy atom. The molecule has 0 atom stereocenters. The fraction of sp³-hybridized carbons (Fsp3) is 0.143. The average Bonchev–Trinajstić information content (AvgIpc) is 2.74. The third kappa shape index (κ3) is 1.92. The van der Waals surface area contributed by atoms with Crippen molar-refractivity contribution in [3.8, 4) is 17.0 Å². The van der Waals surface area contributed by atoms with Gasteiger partial charge in [-0.15, -0.1) is 0 Å². The number of aldehydes is 1. The Morgan fingerprint density at radius 3 is 3.05 bits per heavy atom. The molecule has 0 radical (unpaired) electrons. The zero-order valence-electron chi connectivity index (χ0n) is 10.3. The van der Waals surface area contributed by atoms with Crippen molar-refractivity contribution in [1.82, 2.24) is 4.57 Å². The zero-order chi connectivity index (χ0) is 13.4. The van der Waals surface area contributed by atoms with Gasteiger partial charge >= 0.3 is 4.87 Å². The van der Waals surface area contributed by atoms with E-state index in [1.807, 2.05) is 30.4 Å². The molecule has 0 saturated carbocycles. The molecule has 96 valence electrons. The number of carbonyl (C=O) groups excluding carboxylic acids is 1. The number of rotatable bonds is 2. The molecule has 0 fully saturated rings. The molecule has 1 aliphatic heterocycles. The fourth-order valence-corrected chi connectivity index (χ4v) is 2.97. The van der Waals surface area contributed by atoms with Gasteiger partial charge in [-0.3, -0.25) is 9.59 Å². The molecular weight excluding hydrogens is 262 g/mol. The van der Waals surface area contributed by atoms with Gasteiger partial charge in [0.1, 0.15) is 12.4 Å². The maximum absolute atomic E-state index is 11.7. The predicted octanol–water partition coefficient (Wildman–Crippen LogP) is 2.33. The lowest BCUT2D eigenvalue weighted by atomic mass is 10.0. The minimum atomic E-state index is -0.137. The van der Waals surface area contributed by atoms with Crippen LogP contribution >= 0.6 is 11.3 Å². The minimum absolute atomic E-state index is 0.137. The van der Waals surface area contributed by atoms with Crippen LogP contribution in [0.4, 0.5) is 0 Å². The molecule has 0 saturated heterocycles. The molecule has 1 aromatic heterocycles. The molecule has 2 heterocycles. The van der Waals surface area contributed by atoms with E-state index in [4.69, 9.17) is 4.74 Å². The van der Waals surface area contributed by atoms with Gasteiger partial charge in [-0.2, -0.15) is 0 Å². The molecule has 0 amide bonds. The number of hydrogen-bond donors (Lipinski definition) is 0. The van der Waals surface area contributed by atoms with Crippen LogP contribution in [0.3, 0.4) is 0 Å². The smallest absolute Gasteiger partial charge is 0.308 e. The fourth-order valence-electron chi connectivity index (χ4n) is 2.15. The predicted molar refractivity (Wildman–Crippen MR) is 74.9 cm³/mol. The minimum Gasteiger partial charge on any atom is -0.489 e. The highest BCUT2D eigenvalue weighted by Crippen LogP contribution is 2.31. The molecule has 1 aromatic carbocycles. The SMILES string of the molecule is Cn1c(-c2ccc3c(c2)C=CCO3)c(C=O)sc1=O. The number of fused-ring (bicyclic) bond motifs is 1. The zero-order valence-corrected chi connectivity index (χ0v) is 11.1. The third-order valence-electron chi connectivity index (χ3n) is 3.06. The van der Waals surface area contributed by atoms with Crippen LogP contribution in [-0.2, 0) is 7.05 Å². The van der Waals surface area contributed by atoms with Gasteiger partial charge in [0.2, 0.25) is 0 Å². The van der Waals surface area contributed by atoms with E-state index in [0.29, 0.717) is 17.2 Å². The molecule has 0 spiro atoms. The molecule has 4 nitrogen and oxygen atoms in total. The van der Waals surface area contributed by atoms with E-state index in [1.54, 1.807) is 7.05 Å². The summed E-state index contributed by atoms with van der Waals surface area (Å²) in [6.45, 7) is 0.572. The maximum Gasteiger partial charge on any atom is 0.308 e. The van der Waals surface area contributed by atoms with Crippen LogP contribution in [0.1, 0.15) is 15.2 Å². The summed E-state index contributed by atoms with van der Waals surface area (Å²) in [4.78, 5) is 23.1. The van der Waals surface area contributed by atoms with Gasteiger partial charge < -0.3 is 9.30 Å². The van der Waals surface area contributed by atoms with E-state index in [1.165, 1.54) is 4.57 Å². The van der Waals surface area contributed by atoms with Crippen LogP contribution in [0.2, 0.25) is 0 Å². The quantitative estimate of drug-likeness (QED) is 0.789. The van der Waals surface area contributed by atoms with Crippen molar-refractivity contribution < 1.29 is 9.53 Å². The Bertz CT molecular complexity index is 740. The number of benzene rings is 1. The van der Waals surface area contributed by atoms with Crippen LogP contribution < -0.4 is 9.61 Å². The van der Waals surface area contributed by atoms with E-state index in [2.05, 4.69) is 0 Å².